The van der Waals surface area contributed by atoms with Gasteiger partial charge in [0.15, 0.2) is 11.6 Å². The highest BCUT2D eigenvalue weighted by Crippen LogP contribution is 2.22. The van der Waals surface area contributed by atoms with Crippen molar-refractivity contribution >= 4 is 11.6 Å². The molecule has 17 heavy (non-hydrogen) atoms. The van der Waals surface area contributed by atoms with Gasteiger partial charge in [0.2, 0.25) is 5.91 Å². The van der Waals surface area contributed by atoms with E-state index < -0.39 is 28.4 Å². The Bertz CT molecular complexity index is 452. The Morgan fingerprint density at radius 1 is 1.59 bits per heavy atom. The molecule has 1 aromatic rings. The smallest absolute Gasteiger partial charge is 0.272 e. The summed E-state index contributed by atoms with van der Waals surface area (Å²) in [4.78, 5) is 20.2. The molecule has 0 heterocycles. The average Bonchev–Trinajstić information content (AvgIpc) is 2.26. The number of carbonyl (C=O) groups excluding carboxylic acids is 1. The summed E-state index contributed by atoms with van der Waals surface area (Å²) < 4.78 is 18.1. The number of nitro benzene ring substituents is 1. The molecule has 1 rings (SSSR count). The largest absolute Gasteiger partial charge is 0.488 e. The Balaban J connectivity index is 2.73. The summed E-state index contributed by atoms with van der Waals surface area (Å²) in [5.41, 5.74) is 9.74. The first-order valence-electron chi connectivity index (χ1n) is 4.53. The number of benzene rings is 1. The van der Waals surface area contributed by atoms with Crippen molar-refractivity contribution in [2.75, 3.05) is 6.61 Å². The van der Waals surface area contributed by atoms with Crippen LogP contribution in [0.4, 0.5) is 10.1 Å². The van der Waals surface area contributed by atoms with Gasteiger partial charge in [-0.2, -0.15) is 0 Å². The molecule has 0 aromatic heterocycles. The van der Waals surface area contributed by atoms with Crippen LogP contribution in [0.2, 0.25) is 0 Å². The molecule has 0 aliphatic rings. The molecule has 1 atom stereocenters. The molecular formula is C9H10FN3O4. The zero-order valence-corrected chi connectivity index (χ0v) is 8.63. The maximum absolute atomic E-state index is 13.3. The van der Waals surface area contributed by atoms with Crippen molar-refractivity contribution in [3.63, 3.8) is 0 Å². The second-order valence-corrected chi connectivity index (χ2v) is 3.19. The summed E-state index contributed by atoms with van der Waals surface area (Å²) in [5.74, 6) is -1.92. The third kappa shape index (κ3) is 3.38. The molecule has 0 aliphatic heterocycles. The van der Waals surface area contributed by atoms with Gasteiger partial charge in [-0.05, 0) is 6.07 Å². The lowest BCUT2D eigenvalue weighted by Crippen LogP contribution is -2.41. The van der Waals surface area contributed by atoms with E-state index in [4.69, 9.17) is 16.2 Å². The zero-order chi connectivity index (χ0) is 13.0. The third-order valence-electron chi connectivity index (χ3n) is 1.91. The van der Waals surface area contributed by atoms with E-state index in [-0.39, 0.29) is 12.4 Å². The van der Waals surface area contributed by atoms with Gasteiger partial charge >= 0.3 is 0 Å². The maximum atomic E-state index is 13.3. The van der Waals surface area contributed by atoms with Crippen LogP contribution in [0.3, 0.4) is 0 Å². The molecule has 92 valence electrons. The first-order chi connectivity index (χ1) is 7.91. The summed E-state index contributed by atoms with van der Waals surface area (Å²) >= 11 is 0. The van der Waals surface area contributed by atoms with Crippen LogP contribution in [-0.2, 0) is 4.79 Å². The molecule has 0 aliphatic carbocycles. The zero-order valence-electron chi connectivity index (χ0n) is 8.63. The first kappa shape index (κ1) is 12.8. The van der Waals surface area contributed by atoms with Gasteiger partial charge in [-0.15, -0.1) is 0 Å². The van der Waals surface area contributed by atoms with Crippen LogP contribution >= 0.6 is 0 Å². The summed E-state index contributed by atoms with van der Waals surface area (Å²) in [5, 5.41) is 10.3. The monoisotopic (exact) mass is 243 g/mol. The van der Waals surface area contributed by atoms with Crippen molar-refractivity contribution in [3.8, 4) is 5.75 Å². The molecule has 0 fully saturated rings. The fourth-order valence-corrected chi connectivity index (χ4v) is 0.982. The highest BCUT2D eigenvalue weighted by molar-refractivity contribution is 5.79. The van der Waals surface area contributed by atoms with Crippen LogP contribution in [0, 0.1) is 15.9 Å². The Morgan fingerprint density at radius 2 is 2.24 bits per heavy atom. The van der Waals surface area contributed by atoms with E-state index in [0.717, 1.165) is 12.1 Å². The van der Waals surface area contributed by atoms with Gasteiger partial charge in [0, 0.05) is 6.07 Å². The van der Waals surface area contributed by atoms with Crippen molar-refractivity contribution in [2.45, 2.75) is 6.04 Å². The summed E-state index contributed by atoms with van der Waals surface area (Å²) in [7, 11) is 0. The quantitative estimate of drug-likeness (QED) is 0.553. The second-order valence-electron chi connectivity index (χ2n) is 3.19. The van der Waals surface area contributed by atoms with E-state index in [1.165, 1.54) is 0 Å². The van der Waals surface area contributed by atoms with Crippen molar-refractivity contribution in [1.82, 2.24) is 0 Å². The number of rotatable bonds is 5. The average molecular weight is 243 g/mol. The van der Waals surface area contributed by atoms with Crippen molar-refractivity contribution in [2.24, 2.45) is 11.5 Å². The Hall–Kier alpha value is -2.22. The number of amides is 1. The minimum atomic E-state index is -1.07. The molecule has 0 saturated carbocycles. The van der Waals surface area contributed by atoms with Gasteiger partial charge in [0.1, 0.15) is 12.6 Å². The topological polar surface area (TPSA) is 121 Å². The molecular weight excluding hydrogens is 233 g/mol. The molecule has 0 spiro atoms. The normalized spacial score (nSPS) is 11.9. The first-order valence-corrected chi connectivity index (χ1v) is 4.53. The van der Waals surface area contributed by atoms with Gasteiger partial charge in [-0.3, -0.25) is 14.9 Å². The number of nitrogens with two attached hydrogens (primary N) is 2. The lowest BCUT2D eigenvalue weighted by Gasteiger charge is -2.10. The number of nitrogens with zero attached hydrogens (tertiary/aromatic N) is 1. The Morgan fingerprint density at radius 3 is 2.71 bits per heavy atom. The predicted molar refractivity (Wildman–Crippen MR) is 55.7 cm³/mol. The number of carbonyl (C=O) groups is 1. The molecule has 1 aromatic carbocycles. The Labute approximate surface area is 95.3 Å². The van der Waals surface area contributed by atoms with Crippen molar-refractivity contribution in [3.05, 3.63) is 34.1 Å². The molecule has 0 saturated heterocycles. The minimum Gasteiger partial charge on any atom is -0.488 e. The highest BCUT2D eigenvalue weighted by Gasteiger charge is 2.14. The summed E-state index contributed by atoms with van der Waals surface area (Å²) in [6, 6.07) is 1.81. The number of ether oxygens (including phenoxy) is 1. The number of non-ortho nitro benzene ring substituents is 1. The third-order valence-corrected chi connectivity index (χ3v) is 1.91. The van der Waals surface area contributed by atoms with Gasteiger partial charge < -0.3 is 16.2 Å². The number of primary amides is 1. The fraction of sp³-hybridized carbons (Fsp3) is 0.222. The highest BCUT2D eigenvalue weighted by atomic mass is 19.1. The van der Waals surface area contributed by atoms with E-state index >= 15 is 0 Å². The lowest BCUT2D eigenvalue weighted by molar-refractivity contribution is -0.385. The number of halogens is 1. The van der Waals surface area contributed by atoms with Crippen LogP contribution in [-0.4, -0.2) is 23.5 Å². The van der Waals surface area contributed by atoms with Crippen molar-refractivity contribution in [1.29, 1.82) is 0 Å². The molecule has 0 radical (unpaired) electrons. The maximum Gasteiger partial charge on any atom is 0.272 e. The van der Waals surface area contributed by atoms with E-state index in [1.54, 1.807) is 0 Å². The van der Waals surface area contributed by atoms with E-state index in [2.05, 4.69) is 0 Å². The molecule has 1 amide bonds. The summed E-state index contributed by atoms with van der Waals surface area (Å²) in [6.07, 6.45) is 0. The number of hydrogen-bond acceptors (Lipinski definition) is 5. The summed E-state index contributed by atoms with van der Waals surface area (Å²) in [6.45, 7) is -0.302. The predicted octanol–water partition coefficient (Wildman–Crippen LogP) is -0.0747. The van der Waals surface area contributed by atoms with Crippen LogP contribution in [0.25, 0.3) is 0 Å². The number of hydrogen-bond donors (Lipinski definition) is 2. The molecule has 1 unspecified atom stereocenters. The van der Waals surface area contributed by atoms with Crippen LogP contribution in [0.5, 0.6) is 5.75 Å². The van der Waals surface area contributed by atoms with Gasteiger partial charge in [-0.1, -0.05) is 0 Å². The molecule has 7 nitrogen and oxygen atoms in total. The lowest BCUT2D eigenvalue weighted by atomic mass is 10.3. The van der Waals surface area contributed by atoms with Crippen LogP contribution in [0.1, 0.15) is 0 Å². The van der Waals surface area contributed by atoms with E-state index in [9.17, 15) is 19.3 Å². The standard InChI is InChI=1S/C9H10FN3O4/c10-6-3-5(13(15)16)1-2-8(6)17-4-7(11)9(12)14/h1-3,7H,4,11H2,(H2,12,14). The fourth-order valence-electron chi connectivity index (χ4n) is 0.982. The van der Waals surface area contributed by atoms with Gasteiger partial charge in [0.05, 0.1) is 11.0 Å². The SMILES string of the molecule is NC(=O)C(N)COc1ccc([N+](=O)[O-])cc1F. The Kier molecular flexibility index (Phi) is 3.94. The minimum absolute atomic E-state index is 0.229. The molecule has 8 heteroatoms. The van der Waals surface area contributed by atoms with Crippen LogP contribution in [0.15, 0.2) is 18.2 Å². The number of nitro groups is 1. The van der Waals surface area contributed by atoms with Crippen LogP contribution < -0.4 is 16.2 Å². The van der Waals surface area contributed by atoms with E-state index in [0.29, 0.717) is 6.07 Å². The van der Waals surface area contributed by atoms with Gasteiger partial charge in [0.25, 0.3) is 5.69 Å². The van der Waals surface area contributed by atoms with Crippen molar-refractivity contribution < 1.29 is 18.8 Å². The van der Waals surface area contributed by atoms with E-state index in [1.807, 2.05) is 0 Å². The second kappa shape index (κ2) is 5.21. The molecule has 4 N–H and O–H groups in total. The molecule has 0 bridgehead atoms. The van der Waals surface area contributed by atoms with Gasteiger partial charge in [-0.25, -0.2) is 4.39 Å².